The molecule has 18 nitrogen and oxygen atoms in total. The second-order valence-electron chi connectivity index (χ2n) is 9.42. The Kier molecular flexibility index (Phi) is 8.77. The van der Waals surface area contributed by atoms with Crippen LogP contribution in [0.1, 0.15) is 12.5 Å². The van der Waals surface area contributed by atoms with Crippen LogP contribution >= 0.6 is 27.0 Å². The molecule has 10 atom stereocenters. The minimum absolute atomic E-state index is 0.105. The molecule has 0 bridgehead atoms. The van der Waals surface area contributed by atoms with Gasteiger partial charge in [-0.1, -0.05) is 0 Å². The molecular weight excluding hydrogens is 653 g/mol. The summed E-state index contributed by atoms with van der Waals surface area (Å²) in [6.07, 6.45) is -5.23. The van der Waals surface area contributed by atoms with Crippen LogP contribution in [0.4, 0.5) is 16.0 Å². The fraction of sp³-hybridized carbons (Fsp3) is 0.500. The van der Waals surface area contributed by atoms with E-state index in [2.05, 4.69) is 42.2 Å². The molecule has 0 aliphatic carbocycles. The average Bonchev–Trinajstić information content (AvgIpc) is 3.74. The van der Waals surface area contributed by atoms with E-state index in [-0.39, 0.29) is 34.0 Å². The number of hydrogen-bond donors (Lipinski definition) is 6. The minimum atomic E-state index is -4.18. The van der Waals surface area contributed by atoms with E-state index in [0.717, 1.165) is 0 Å². The highest BCUT2D eigenvalue weighted by molar-refractivity contribution is 8.36. The predicted octanol–water partition coefficient (Wildman–Crippen LogP) is -0.241. The van der Waals surface area contributed by atoms with Crippen molar-refractivity contribution in [2.24, 2.45) is 0 Å². The first kappa shape index (κ1) is 30.8. The number of imidazole rings is 2. The van der Waals surface area contributed by atoms with Crippen molar-refractivity contribution in [2.75, 3.05) is 24.7 Å². The van der Waals surface area contributed by atoms with E-state index in [9.17, 15) is 15.1 Å². The fourth-order valence-electron chi connectivity index (χ4n) is 4.92. The predicted molar refractivity (Wildman–Crippen MR) is 155 cm³/mol. The maximum Gasteiger partial charge on any atom is 0.325 e. The van der Waals surface area contributed by atoms with E-state index >= 15 is 4.39 Å². The lowest BCUT2D eigenvalue weighted by Crippen LogP contribution is -2.35. The Morgan fingerprint density at radius 3 is 2.14 bits per heavy atom. The lowest BCUT2D eigenvalue weighted by Gasteiger charge is -2.27. The van der Waals surface area contributed by atoms with Gasteiger partial charge in [-0.3, -0.25) is 13.7 Å². The molecule has 0 amide bonds. The Bertz CT molecular complexity index is 1670. The molecule has 2 fully saturated rings. The van der Waals surface area contributed by atoms with Crippen molar-refractivity contribution in [1.82, 2.24) is 39.0 Å². The van der Waals surface area contributed by atoms with Crippen molar-refractivity contribution in [3.63, 3.8) is 0 Å². The zero-order chi connectivity index (χ0) is 30.5. The van der Waals surface area contributed by atoms with E-state index in [4.69, 9.17) is 46.3 Å². The molecule has 2 aliphatic heterocycles. The average molecular weight is 679 g/mol. The van der Waals surface area contributed by atoms with Crippen LogP contribution in [-0.4, -0.2) is 104 Å². The Morgan fingerprint density at radius 2 is 1.56 bits per heavy atom. The first-order valence-electron chi connectivity index (χ1n) is 12.4. The van der Waals surface area contributed by atoms with Gasteiger partial charge in [0.2, 0.25) is 0 Å². The van der Waals surface area contributed by atoms with E-state index in [1.54, 1.807) is 0 Å². The van der Waals surface area contributed by atoms with Gasteiger partial charge in [0.1, 0.15) is 54.2 Å². The molecule has 0 spiro atoms. The van der Waals surface area contributed by atoms with Crippen LogP contribution in [0.15, 0.2) is 25.3 Å². The van der Waals surface area contributed by atoms with Gasteiger partial charge >= 0.3 is 6.72 Å². The summed E-state index contributed by atoms with van der Waals surface area (Å²) in [7, 11) is -0.402. The van der Waals surface area contributed by atoms with Gasteiger partial charge < -0.3 is 45.1 Å². The quantitative estimate of drug-likeness (QED) is 0.0936. The topological polar surface area (TPSA) is 246 Å². The third kappa shape index (κ3) is 5.69. The number of aromatic nitrogens is 8. The SMILES string of the molecule is Nc1ncnc2c1ncn2[C@@H]1O[C@H](COP(O)(=S)O[C@@H]2[C@H](O)[C@@H](CO)O[C@H]2n2cnc3c(N)ncnc32)[C@@H](OPS)[C@H]1F. The van der Waals surface area contributed by atoms with E-state index in [1.807, 2.05) is 0 Å². The van der Waals surface area contributed by atoms with Crippen LogP contribution in [0.25, 0.3) is 22.3 Å². The van der Waals surface area contributed by atoms with Gasteiger partial charge in [0.05, 0.1) is 33.9 Å². The minimum Gasteiger partial charge on any atom is -0.394 e. The van der Waals surface area contributed by atoms with Gasteiger partial charge in [0.15, 0.2) is 41.6 Å². The van der Waals surface area contributed by atoms with Gasteiger partial charge in [-0.2, -0.15) is 0 Å². The highest BCUT2D eigenvalue weighted by Crippen LogP contribution is 2.51. The Labute approximate surface area is 253 Å². The van der Waals surface area contributed by atoms with Crippen molar-refractivity contribution in [3.05, 3.63) is 25.3 Å². The Balaban J connectivity index is 1.20. The number of alkyl halides is 1. The van der Waals surface area contributed by atoms with Crippen molar-refractivity contribution in [3.8, 4) is 0 Å². The number of nitrogens with two attached hydrogens (primary N) is 2. The second-order valence-corrected chi connectivity index (χ2v) is 13.2. The van der Waals surface area contributed by atoms with Crippen LogP contribution in [0.3, 0.4) is 0 Å². The van der Waals surface area contributed by atoms with Crippen molar-refractivity contribution in [2.45, 2.75) is 49.1 Å². The maximum atomic E-state index is 15.7. The molecular formula is C20H25FN10O8P2S2. The molecule has 0 saturated carbocycles. The van der Waals surface area contributed by atoms with E-state index in [0.29, 0.717) is 0 Å². The number of aliphatic hydroxyl groups is 2. The molecule has 2 aliphatic rings. The molecule has 4 aromatic rings. The Morgan fingerprint density at radius 1 is 0.977 bits per heavy atom. The smallest absolute Gasteiger partial charge is 0.325 e. The maximum absolute atomic E-state index is 15.7. The standard InChI is InChI=1S/C20H25FN10O8P2S2/c21-9-13(38-40-42)8(37-19(9)30-5-28-10-15(22)24-3-26-17(10)30)2-35-41(34,43)39-14-12(33)7(1-32)36-20(14)31-6-29-11-16(23)25-4-27-18(11)31/h3-9,12-14,19-20,32-33,40,42H,1-2H2,(H,34,43)(H2,22,24,26)(H2,23,25,27)/t7-,8-,9-,12-,13-,14-,19-,20-,41?/m1/s1. The number of rotatable bonds is 10. The van der Waals surface area contributed by atoms with Crippen molar-refractivity contribution in [1.29, 1.82) is 0 Å². The molecule has 232 valence electrons. The third-order valence-corrected chi connectivity index (χ3v) is 9.18. The molecule has 43 heavy (non-hydrogen) atoms. The van der Waals surface area contributed by atoms with Crippen molar-refractivity contribution >= 4 is 72.7 Å². The second kappa shape index (κ2) is 12.3. The molecule has 23 heteroatoms. The number of ether oxygens (including phenoxy) is 2. The zero-order valence-electron chi connectivity index (χ0n) is 21.6. The van der Waals surface area contributed by atoms with Crippen LogP contribution in [0, 0.1) is 0 Å². The number of fused-ring (bicyclic) bond motifs is 2. The van der Waals surface area contributed by atoms with Crippen LogP contribution in [0.5, 0.6) is 0 Å². The van der Waals surface area contributed by atoms with Gasteiger partial charge in [-0.25, -0.2) is 34.3 Å². The first-order chi connectivity index (χ1) is 20.6. The van der Waals surface area contributed by atoms with Crippen LogP contribution in [-0.2, 0) is 34.9 Å². The monoisotopic (exact) mass is 678 g/mol. The molecule has 6 heterocycles. The van der Waals surface area contributed by atoms with Gasteiger partial charge in [-0.15, -0.1) is 12.2 Å². The molecule has 2 unspecified atom stereocenters. The summed E-state index contributed by atoms with van der Waals surface area (Å²) in [5, 5.41) is 20.6. The lowest BCUT2D eigenvalue weighted by molar-refractivity contribution is -0.0541. The summed E-state index contributed by atoms with van der Waals surface area (Å²) >= 11 is 9.30. The van der Waals surface area contributed by atoms with Crippen LogP contribution < -0.4 is 11.5 Å². The molecule has 4 aromatic heterocycles. The van der Waals surface area contributed by atoms with Gasteiger partial charge in [0, 0.05) is 0 Å². The zero-order valence-corrected chi connectivity index (χ0v) is 25.2. The molecule has 0 aromatic carbocycles. The molecule has 0 radical (unpaired) electrons. The summed E-state index contributed by atoms with van der Waals surface area (Å²) in [6.45, 7) is -5.22. The molecule has 6 rings (SSSR count). The summed E-state index contributed by atoms with van der Waals surface area (Å²) in [5.74, 6) is 0.215. The number of halogens is 1. The third-order valence-electron chi connectivity index (χ3n) is 6.93. The summed E-state index contributed by atoms with van der Waals surface area (Å²) < 4.78 is 46.9. The number of thiol groups is 1. The van der Waals surface area contributed by atoms with Gasteiger partial charge in [-0.05, 0) is 11.8 Å². The van der Waals surface area contributed by atoms with Gasteiger partial charge in [0.25, 0.3) is 0 Å². The normalized spacial score (nSPS) is 31.1. The largest absolute Gasteiger partial charge is 0.394 e. The van der Waals surface area contributed by atoms with E-state index < -0.39 is 77.1 Å². The number of aliphatic hydroxyl groups excluding tert-OH is 2. The van der Waals surface area contributed by atoms with Crippen LogP contribution in [0.2, 0.25) is 0 Å². The number of anilines is 2. The highest BCUT2D eigenvalue weighted by Gasteiger charge is 2.50. The van der Waals surface area contributed by atoms with Crippen molar-refractivity contribution < 1.29 is 42.5 Å². The Hall–Kier alpha value is -2.26. The number of nitrogen functional groups attached to an aromatic ring is 2. The number of nitrogens with zero attached hydrogens (tertiary/aromatic N) is 8. The highest BCUT2D eigenvalue weighted by atomic mass is 32.7. The molecule has 7 N–H and O–H groups in total. The summed E-state index contributed by atoms with van der Waals surface area (Å²) in [5.41, 5.74) is 12.7. The first-order valence-corrected chi connectivity index (χ1v) is 17.2. The lowest BCUT2D eigenvalue weighted by atomic mass is 10.1. The summed E-state index contributed by atoms with van der Waals surface area (Å²) in [4.78, 5) is 35.4. The van der Waals surface area contributed by atoms with E-state index in [1.165, 1.54) is 34.4 Å². The number of hydrogen-bond acceptors (Lipinski definition) is 17. The summed E-state index contributed by atoms with van der Waals surface area (Å²) in [6, 6.07) is 0. The fourth-order valence-corrected chi connectivity index (χ4v) is 7.11. The molecule has 2 saturated heterocycles.